The Kier molecular flexibility index (Phi) is 4.37. The first-order valence-electron chi connectivity index (χ1n) is 11.2. The zero-order valence-electron chi connectivity index (χ0n) is 17.5. The zero-order chi connectivity index (χ0) is 22.0. The van der Waals surface area contributed by atoms with E-state index in [2.05, 4.69) is 21.3 Å². The van der Waals surface area contributed by atoms with Crippen molar-refractivity contribution < 1.29 is 13.9 Å². The van der Waals surface area contributed by atoms with Crippen LogP contribution in [-0.2, 0) is 6.54 Å². The maximum atomic E-state index is 13.8. The van der Waals surface area contributed by atoms with Gasteiger partial charge in [0.2, 0.25) is 5.82 Å². The fourth-order valence-electron chi connectivity index (χ4n) is 6.05. The summed E-state index contributed by atoms with van der Waals surface area (Å²) < 4.78 is 29.3. The van der Waals surface area contributed by atoms with E-state index in [1.54, 1.807) is 15.9 Å². The number of hydrazone groups is 1. The third kappa shape index (κ3) is 3.20. The van der Waals surface area contributed by atoms with E-state index in [1.165, 1.54) is 12.1 Å². The summed E-state index contributed by atoms with van der Waals surface area (Å²) in [7, 11) is 0. The molecule has 166 valence electrons. The summed E-state index contributed by atoms with van der Waals surface area (Å²) in [6.07, 6.45) is 6.28. The van der Waals surface area contributed by atoms with Crippen molar-refractivity contribution in [1.82, 2.24) is 19.8 Å². The summed E-state index contributed by atoms with van der Waals surface area (Å²) in [4.78, 5) is 4.41. The lowest BCUT2D eigenvalue weighted by atomic mass is 9.69. The normalized spacial score (nSPS) is 31.6. The van der Waals surface area contributed by atoms with Gasteiger partial charge in [-0.15, -0.1) is 0 Å². The molecule has 2 aromatic rings. The van der Waals surface area contributed by atoms with Crippen LogP contribution < -0.4 is 0 Å². The average Bonchev–Trinajstić information content (AvgIpc) is 3.10. The number of aliphatic hydroxyl groups is 1. The van der Waals surface area contributed by atoms with E-state index >= 15 is 0 Å². The van der Waals surface area contributed by atoms with Crippen LogP contribution in [0, 0.1) is 40.2 Å². The van der Waals surface area contributed by atoms with Gasteiger partial charge in [-0.1, -0.05) is 0 Å². The predicted octanol–water partition coefficient (Wildman–Crippen LogP) is 3.47. The summed E-state index contributed by atoms with van der Waals surface area (Å²) in [5.74, 6) is 0.660. The predicted molar refractivity (Wildman–Crippen MR) is 110 cm³/mol. The van der Waals surface area contributed by atoms with Crippen LogP contribution in [0.4, 0.5) is 8.78 Å². The molecule has 1 aromatic heterocycles. The molecule has 2 heterocycles. The van der Waals surface area contributed by atoms with Crippen LogP contribution in [0.3, 0.4) is 0 Å². The van der Waals surface area contributed by atoms with Gasteiger partial charge in [-0.25, -0.2) is 18.4 Å². The van der Waals surface area contributed by atoms with Crippen molar-refractivity contribution in [1.29, 1.82) is 5.26 Å². The molecular formula is C23H24F2N6O. The topological polar surface area (TPSA) is 90.3 Å². The molecule has 2 bridgehead atoms. The highest BCUT2D eigenvalue weighted by Gasteiger charge is 2.59. The fourth-order valence-corrected chi connectivity index (χ4v) is 6.05. The Hall–Kier alpha value is -2.86. The Bertz CT molecular complexity index is 1110. The highest BCUT2D eigenvalue weighted by molar-refractivity contribution is 5.60. The van der Waals surface area contributed by atoms with Gasteiger partial charge in [0, 0.05) is 37.1 Å². The van der Waals surface area contributed by atoms with Gasteiger partial charge in [0.1, 0.15) is 23.9 Å². The summed E-state index contributed by atoms with van der Waals surface area (Å²) in [6, 6.07) is 5.26. The van der Waals surface area contributed by atoms with Crippen LogP contribution in [0.15, 0.2) is 23.3 Å². The van der Waals surface area contributed by atoms with Gasteiger partial charge in [0.15, 0.2) is 5.82 Å². The molecule has 3 unspecified atom stereocenters. The first-order valence-corrected chi connectivity index (χ1v) is 11.2. The first kappa shape index (κ1) is 19.8. The molecule has 0 radical (unpaired) electrons. The molecule has 4 fully saturated rings. The number of nitrogens with zero attached hydrogens (tertiary/aromatic N) is 6. The molecule has 0 saturated heterocycles. The monoisotopic (exact) mass is 438 g/mol. The Morgan fingerprint density at radius 3 is 2.62 bits per heavy atom. The van der Waals surface area contributed by atoms with Gasteiger partial charge >= 0.3 is 0 Å². The highest BCUT2D eigenvalue weighted by atomic mass is 19.1. The maximum absolute atomic E-state index is 13.8. The highest BCUT2D eigenvalue weighted by Crippen LogP contribution is 2.64. The van der Waals surface area contributed by atoms with Gasteiger partial charge in [-0.05, 0) is 61.1 Å². The van der Waals surface area contributed by atoms with Crippen LogP contribution >= 0.6 is 0 Å². The van der Waals surface area contributed by atoms with Crippen molar-refractivity contribution in [3.8, 4) is 6.07 Å². The minimum atomic E-state index is -0.826. The second-order valence-corrected chi connectivity index (χ2v) is 9.92. The van der Waals surface area contributed by atoms with Gasteiger partial charge in [0.25, 0.3) is 0 Å². The molecule has 1 aromatic carbocycles. The van der Waals surface area contributed by atoms with Gasteiger partial charge in [-0.2, -0.15) is 15.5 Å². The Labute approximate surface area is 184 Å². The van der Waals surface area contributed by atoms with Crippen LogP contribution in [0.1, 0.15) is 67.7 Å². The number of benzene rings is 1. The summed E-state index contributed by atoms with van der Waals surface area (Å²) >= 11 is 0. The SMILES string of the molecule is N#Cc1nc(C2CC2)nn1CC12CC(C1)C(C(O)N1N=CCC1c1cc(F)cc(F)c1)C2. The molecule has 0 amide bonds. The van der Waals surface area contributed by atoms with Gasteiger partial charge in [0.05, 0.1) is 6.04 Å². The second kappa shape index (κ2) is 7.07. The van der Waals surface area contributed by atoms with Crippen molar-refractivity contribution in [2.24, 2.45) is 22.4 Å². The number of fused-ring (bicyclic) bond motifs is 1. The number of aliphatic hydroxyl groups excluding tert-OH is 1. The van der Waals surface area contributed by atoms with Crippen molar-refractivity contribution in [2.45, 2.75) is 63.3 Å². The number of hydrogen-bond donors (Lipinski definition) is 1. The number of aromatic nitrogens is 3. The van der Waals surface area contributed by atoms with Crippen molar-refractivity contribution in [3.63, 3.8) is 0 Å². The smallest absolute Gasteiger partial charge is 0.231 e. The van der Waals surface area contributed by atoms with E-state index < -0.39 is 17.9 Å². The summed E-state index contributed by atoms with van der Waals surface area (Å²) in [5, 5.41) is 31.3. The molecular weight excluding hydrogens is 414 g/mol. The van der Waals surface area contributed by atoms with E-state index in [1.807, 2.05) is 0 Å². The van der Waals surface area contributed by atoms with E-state index in [4.69, 9.17) is 0 Å². The number of rotatable bonds is 6. The molecule has 32 heavy (non-hydrogen) atoms. The molecule has 9 heteroatoms. The molecule has 4 saturated carbocycles. The third-order valence-electron chi connectivity index (χ3n) is 7.67. The minimum Gasteiger partial charge on any atom is -0.372 e. The molecule has 1 N–H and O–H groups in total. The lowest BCUT2D eigenvalue weighted by Gasteiger charge is -2.39. The molecule has 7 rings (SSSR count). The third-order valence-corrected chi connectivity index (χ3v) is 7.67. The Balaban J connectivity index is 1.18. The molecule has 1 aliphatic heterocycles. The van der Waals surface area contributed by atoms with Crippen LogP contribution in [0.2, 0.25) is 0 Å². The van der Waals surface area contributed by atoms with Crippen LogP contribution in [-0.4, -0.2) is 37.3 Å². The van der Waals surface area contributed by atoms with Crippen LogP contribution in [0.25, 0.3) is 0 Å². The maximum Gasteiger partial charge on any atom is 0.231 e. The molecule has 7 nitrogen and oxygen atoms in total. The summed E-state index contributed by atoms with van der Waals surface area (Å²) in [5.41, 5.74) is 0.480. The molecule has 4 aliphatic carbocycles. The molecule has 5 aliphatic rings. The van der Waals surface area contributed by atoms with E-state index in [0.29, 0.717) is 36.2 Å². The Morgan fingerprint density at radius 2 is 1.94 bits per heavy atom. The number of nitriles is 1. The average molecular weight is 438 g/mol. The van der Waals surface area contributed by atoms with Crippen molar-refractivity contribution in [2.75, 3.05) is 0 Å². The zero-order valence-corrected chi connectivity index (χ0v) is 17.5. The molecule has 0 spiro atoms. The fraction of sp³-hybridized carbons (Fsp3) is 0.565. The number of halogens is 2. The lowest BCUT2D eigenvalue weighted by Crippen LogP contribution is -2.39. The van der Waals surface area contributed by atoms with Crippen molar-refractivity contribution in [3.05, 3.63) is 47.0 Å². The molecule has 3 atom stereocenters. The van der Waals surface area contributed by atoms with Gasteiger partial charge < -0.3 is 5.11 Å². The van der Waals surface area contributed by atoms with Crippen molar-refractivity contribution >= 4 is 6.21 Å². The quantitative estimate of drug-likeness (QED) is 0.746. The van der Waals surface area contributed by atoms with E-state index in [9.17, 15) is 19.1 Å². The standard InChI is InChI=1S/C23H24F2N6O/c24-16-5-14(6-17(25)7-16)19-3-4-27-31(19)22(32)18-10-23(8-15(18)9-23)12-30-20(11-26)28-21(29-30)13-1-2-13/h4-7,13,15,18-19,22,32H,1-3,8-10,12H2. The summed E-state index contributed by atoms with van der Waals surface area (Å²) in [6.45, 7) is 0.636. The Morgan fingerprint density at radius 1 is 1.19 bits per heavy atom. The lowest BCUT2D eigenvalue weighted by molar-refractivity contribution is -0.0643. The van der Waals surface area contributed by atoms with E-state index in [0.717, 1.165) is 44.0 Å². The second-order valence-electron chi connectivity index (χ2n) is 9.92. The van der Waals surface area contributed by atoms with Gasteiger partial charge in [-0.3, -0.25) is 5.01 Å². The first-order chi connectivity index (χ1) is 15.4. The minimum absolute atomic E-state index is 0.000330. The van der Waals surface area contributed by atoms with Crippen LogP contribution in [0.5, 0.6) is 0 Å². The largest absolute Gasteiger partial charge is 0.372 e. The number of hydrogen-bond acceptors (Lipinski definition) is 6. The van der Waals surface area contributed by atoms with E-state index in [-0.39, 0.29) is 17.4 Å².